The van der Waals surface area contributed by atoms with E-state index in [4.69, 9.17) is 0 Å². The zero-order chi connectivity index (χ0) is 10.1. The largest absolute Gasteiger partial charge is 0.360 e. The lowest BCUT2D eigenvalue weighted by molar-refractivity contribution is 0.459. The van der Waals surface area contributed by atoms with Crippen molar-refractivity contribution in [2.45, 2.75) is 13.3 Å². The number of nitrogens with zero attached hydrogens (tertiary/aromatic N) is 2. The van der Waals surface area contributed by atoms with E-state index >= 15 is 0 Å². The lowest BCUT2D eigenvalue weighted by atomic mass is 10.4. The molecule has 0 bridgehead atoms. The highest BCUT2D eigenvalue weighted by atomic mass is 79.9. The second kappa shape index (κ2) is 3.89. The van der Waals surface area contributed by atoms with Crippen molar-refractivity contribution >= 4 is 21.8 Å². The minimum Gasteiger partial charge on any atom is -0.360 e. The molecule has 0 aromatic rings. The summed E-state index contributed by atoms with van der Waals surface area (Å²) in [5, 5.41) is 0. The number of rotatable bonds is 2. The molecule has 1 saturated heterocycles. The van der Waals surface area contributed by atoms with Crippen LogP contribution in [0.2, 0.25) is 0 Å². The van der Waals surface area contributed by atoms with Gasteiger partial charge in [-0.3, -0.25) is 0 Å². The Morgan fingerprint density at radius 2 is 2.14 bits per heavy atom. The van der Waals surface area contributed by atoms with Gasteiger partial charge in [0.25, 0.3) is 0 Å². The van der Waals surface area contributed by atoms with Gasteiger partial charge in [0.05, 0.1) is 0 Å². The van der Waals surface area contributed by atoms with Gasteiger partial charge in [-0.25, -0.2) is 4.99 Å². The summed E-state index contributed by atoms with van der Waals surface area (Å²) in [5.74, 6) is 3.05. The van der Waals surface area contributed by atoms with E-state index in [-0.39, 0.29) is 0 Å². The normalized spacial score (nSPS) is 31.7. The first-order valence-corrected chi connectivity index (χ1v) is 5.77. The lowest BCUT2D eigenvalue weighted by Crippen LogP contribution is -2.27. The Bertz CT molecular complexity index is 296. The molecule has 0 aromatic carbocycles. The van der Waals surface area contributed by atoms with Crippen LogP contribution in [0.3, 0.4) is 0 Å². The van der Waals surface area contributed by atoms with Crippen LogP contribution in [0.15, 0.2) is 28.3 Å². The van der Waals surface area contributed by atoms with Gasteiger partial charge in [-0.15, -0.1) is 0 Å². The molecular formula is C11H15BrN2. The molecule has 0 radical (unpaired) electrons. The zero-order valence-electron chi connectivity index (χ0n) is 8.41. The Balaban J connectivity index is 1.94. The maximum absolute atomic E-state index is 4.39. The van der Waals surface area contributed by atoms with E-state index in [2.05, 4.69) is 39.3 Å². The fourth-order valence-corrected chi connectivity index (χ4v) is 2.05. The zero-order valence-corrected chi connectivity index (χ0v) is 10.00. The van der Waals surface area contributed by atoms with Crippen molar-refractivity contribution in [2.75, 3.05) is 13.1 Å². The molecule has 2 aliphatic rings. The van der Waals surface area contributed by atoms with Crippen molar-refractivity contribution < 1.29 is 0 Å². The van der Waals surface area contributed by atoms with E-state index in [1.807, 2.05) is 6.20 Å². The molecule has 1 saturated carbocycles. The van der Waals surface area contributed by atoms with Gasteiger partial charge in [-0.05, 0) is 41.1 Å². The molecule has 2 atom stereocenters. The fraction of sp³-hybridized carbons (Fsp3) is 0.545. The summed E-state index contributed by atoms with van der Waals surface area (Å²) in [4.78, 5) is 6.77. The van der Waals surface area contributed by atoms with E-state index in [1.54, 1.807) is 6.08 Å². The smallest absolute Gasteiger partial charge is 0.101 e. The average molecular weight is 255 g/mol. The Kier molecular flexibility index (Phi) is 2.77. The van der Waals surface area contributed by atoms with Crippen LogP contribution in [0.4, 0.5) is 0 Å². The summed E-state index contributed by atoms with van der Waals surface area (Å²) in [6, 6.07) is 0. The number of hydrogen-bond acceptors (Lipinski definition) is 1. The first kappa shape index (κ1) is 9.97. The Hall–Kier alpha value is -0.570. The SMILES string of the molecule is C=C/C(Br)=C\N=C(/C)N1CC2CC2C1. The van der Waals surface area contributed by atoms with E-state index in [0.717, 1.165) is 22.2 Å². The molecule has 0 aromatic heterocycles. The standard InChI is InChI=1S/C11H15BrN2/c1-3-11(12)5-13-8(2)14-6-9-4-10(9)7-14/h3,5,9-10H,1,4,6-7H2,2H3/b11-5+,13-8+. The monoisotopic (exact) mass is 254 g/mol. The number of aliphatic imine (C=N–C) groups is 1. The van der Waals surface area contributed by atoms with Crippen LogP contribution < -0.4 is 0 Å². The van der Waals surface area contributed by atoms with Crippen LogP contribution in [0.5, 0.6) is 0 Å². The van der Waals surface area contributed by atoms with Crippen LogP contribution >= 0.6 is 15.9 Å². The number of likely N-dealkylation sites (tertiary alicyclic amines) is 1. The summed E-state index contributed by atoms with van der Waals surface area (Å²) < 4.78 is 0.932. The van der Waals surface area contributed by atoms with Crippen molar-refractivity contribution in [1.82, 2.24) is 4.90 Å². The summed E-state index contributed by atoms with van der Waals surface area (Å²) >= 11 is 3.35. The number of fused-ring (bicyclic) bond motifs is 1. The van der Waals surface area contributed by atoms with Crippen LogP contribution in [-0.4, -0.2) is 23.8 Å². The molecule has 1 aliphatic heterocycles. The molecule has 2 rings (SSSR count). The summed E-state index contributed by atoms with van der Waals surface area (Å²) in [7, 11) is 0. The quantitative estimate of drug-likeness (QED) is 0.421. The minimum absolute atomic E-state index is 0.932. The fourth-order valence-electron chi connectivity index (χ4n) is 1.95. The van der Waals surface area contributed by atoms with Crippen LogP contribution in [0.1, 0.15) is 13.3 Å². The van der Waals surface area contributed by atoms with Crippen molar-refractivity contribution in [2.24, 2.45) is 16.8 Å². The van der Waals surface area contributed by atoms with Crippen LogP contribution in [0.25, 0.3) is 0 Å². The molecule has 2 unspecified atom stereocenters. The highest BCUT2D eigenvalue weighted by Crippen LogP contribution is 2.44. The highest BCUT2D eigenvalue weighted by Gasteiger charge is 2.45. The van der Waals surface area contributed by atoms with Gasteiger partial charge in [-0.1, -0.05) is 12.7 Å². The number of amidine groups is 1. The number of hydrogen-bond donors (Lipinski definition) is 0. The Morgan fingerprint density at radius 1 is 1.50 bits per heavy atom. The number of piperidine rings is 1. The molecule has 76 valence electrons. The molecule has 0 amide bonds. The summed E-state index contributed by atoms with van der Waals surface area (Å²) in [6.07, 6.45) is 5.00. The van der Waals surface area contributed by atoms with Crippen molar-refractivity contribution in [1.29, 1.82) is 0 Å². The van der Waals surface area contributed by atoms with Crippen molar-refractivity contribution in [3.63, 3.8) is 0 Å². The third-order valence-electron chi connectivity index (χ3n) is 3.01. The maximum Gasteiger partial charge on any atom is 0.101 e. The third-order valence-corrected chi connectivity index (χ3v) is 3.53. The van der Waals surface area contributed by atoms with Crippen molar-refractivity contribution in [3.8, 4) is 0 Å². The average Bonchev–Trinajstić information content (AvgIpc) is 2.81. The first-order valence-electron chi connectivity index (χ1n) is 4.98. The van der Waals surface area contributed by atoms with Gasteiger partial charge < -0.3 is 4.90 Å². The topological polar surface area (TPSA) is 15.6 Å². The van der Waals surface area contributed by atoms with E-state index in [0.29, 0.717) is 0 Å². The van der Waals surface area contributed by atoms with E-state index in [9.17, 15) is 0 Å². The number of allylic oxidation sites excluding steroid dienone is 2. The molecule has 0 N–H and O–H groups in total. The first-order chi connectivity index (χ1) is 6.70. The second-order valence-corrected chi connectivity index (χ2v) is 4.97. The minimum atomic E-state index is 0.932. The molecule has 1 aliphatic carbocycles. The van der Waals surface area contributed by atoms with Gasteiger partial charge in [0.15, 0.2) is 0 Å². The Morgan fingerprint density at radius 3 is 2.71 bits per heavy atom. The molecule has 2 fully saturated rings. The lowest BCUT2D eigenvalue weighted by Gasteiger charge is -2.18. The Labute approximate surface area is 93.5 Å². The van der Waals surface area contributed by atoms with Crippen LogP contribution in [0, 0.1) is 11.8 Å². The molecule has 14 heavy (non-hydrogen) atoms. The maximum atomic E-state index is 4.39. The second-order valence-electron chi connectivity index (χ2n) is 4.06. The molecule has 2 nitrogen and oxygen atoms in total. The molecule has 3 heteroatoms. The van der Waals surface area contributed by atoms with Crippen LogP contribution in [-0.2, 0) is 0 Å². The molecular weight excluding hydrogens is 240 g/mol. The van der Waals surface area contributed by atoms with E-state index in [1.165, 1.54) is 19.5 Å². The summed E-state index contributed by atoms with van der Waals surface area (Å²) in [5.41, 5.74) is 0. The number of halogens is 1. The third kappa shape index (κ3) is 2.08. The predicted octanol–water partition coefficient (Wildman–Crippen LogP) is 2.78. The van der Waals surface area contributed by atoms with E-state index < -0.39 is 0 Å². The van der Waals surface area contributed by atoms with Gasteiger partial charge in [0, 0.05) is 23.8 Å². The van der Waals surface area contributed by atoms with Crippen molar-refractivity contribution in [3.05, 3.63) is 23.3 Å². The highest BCUT2D eigenvalue weighted by molar-refractivity contribution is 9.11. The molecule has 1 heterocycles. The van der Waals surface area contributed by atoms with Gasteiger partial charge in [0.1, 0.15) is 5.84 Å². The molecule has 0 spiro atoms. The van der Waals surface area contributed by atoms with Gasteiger partial charge in [-0.2, -0.15) is 0 Å². The predicted molar refractivity (Wildman–Crippen MR) is 63.5 cm³/mol. The summed E-state index contributed by atoms with van der Waals surface area (Å²) in [6.45, 7) is 8.15. The van der Waals surface area contributed by atoms with Gasteiger partial charge in [0.2, 0.25) is 0 Å². The van der Waals surface area contributed by atoms with Gasteiger partial charge >= 0.3 is 0 Å².